The first-order valence-corrected chi connectivity index (χ1v) is 7.80. The largest absolute Gasteiger partial charge is 0.478 e. The van der Waals surface area contributed by atoms with Crippen molar-refractivity contribution in [3.05, 3.63) is 70.2 Å². The number of carboxylic acid groups (broad SMARTS) is 1. The quantitative estimate of drug-likeness (QED) is 0.926. The van der Waals surface area contributed by atoms with E-state index < -0.39 is 5.97 Å². The van der Waals surface area contributed by atoms with E-state index in [0.717, 1.165) is 36.6 Å². The second kappa shape index (κ2) is 6.51. The van der Waals surface area contributed by atoms with Gasteiger partial charge in [-0.15, -0.1) is 0 Å². The third kappa shape index (κ3) is 3.32. The van der Waals surface area contributed by atoms with E-state index in [9.17, 15) is 4.79 Å². The predicted molar refractivity (Wildman–Crippen MR) is 87.5 cm³/mol. The number of halogens is 1. The number of carbonyl (C=O) groups is 1. The number of benzene rings is 2. The van der Waals surface area contributed by atoms with Crippen LogP contribution in [0.25, 0.3) is 0 Å². The van der Waals surface area contributed by atoms with Gasteiger partial charge in [0.05, 0.1) is 5.56 Å². The molecule has 3 nitrogen and oxygen atoms in total. The first-order chi connectivity index (χ1) is 10.6. The Balaban J connectivity index is 1.65. The van der Waals surface area contributed by atoms with Gasteiger partial charge in [0, 0.05) is 18.1 Å². The molecule has 0 aliphatic carbocycles. The second-order valence-electron chi connectivity index (χ2n) is 5.74. The normalized spacial score (nSPS) is 18.5. The zero-order chi connectivity index (χ0) is 15.5. The second-order valence-corrected chi connectivity index (χ2v) is 6.15. The lowest BCUT2D eigenvalue weighted by molar-refractivity contribution is 0.0697. The minimum atomic E-state index is -0.877. The van der Waals surface area contributed by atoms with Gasteiger partial charge in [0.25, 0.3) is 0 Å². The van der Waals surface area contributed by atoms with Crippen molar-refractivity contribution in [2.24, 2.45) is 0 Å². The van der Waals surface area contributed by atoms with Crippen LogP contribution in [0.2, 0.25) is 5.02 Å². The van der Waals surface area contributed by atoms with E-state index in [1.165, 1.54) is 5.56 Å². The number of hydrogen-bond acceptors (Lipinski definition) is 2. The summed E-state index contributed by atoms with van der Waals surface area (Å²) in [6.45, 7) is 2.89. The van der Waals surface area contributed by atoms with Gasteiger partial charge in [0.2, 0.25) is 0 Å². The van der Waals surface area contributed by atoms with E-state index in [1.54, 1.807) is 12.1 Å². The highest BCUT2D eigenvalue weighted by Gasteiger charge is 2.24. The van der Waals surface area contributed by atoms with Gasteiger partial charge in [-0.3, -0.25) is 4.90 Å². The molecule has 1 N–H and O–H groups in total. The maximum Gasteiger partial charge on any atom is 0.335 e. The number of likely N-dealkylation sites (tertiary alicyclic amines) is 1. The molecule has 0 radical (unpaired) electrons. The third-order valence-corrected chi connectivity index (χ3v) is 4.62. The minimum Gasteiger partial charge on any atom is -0.478 e. The fraction of sp³-hybridized carbons (Fsp3) is 0.278. The molecule has 0 spiro atoms. The van der Waals surface area contributed by atoms with Gasteiger partial charge in [-0.25, -0.2) is 4.79 Å². The molecule has 1 aliphatic heterocycles. The molecule has 0 amide bonds. The van der Waals surface area contributed by atoms with Gasteiger partial charge in [-0.05, 0) is 48.2 Å². The number of hydrogen-bond donors (Lipinski definition) is 1. The van der Waals surface area contributed by atoms with Crippen molar-refractivity contribution in [1.82, 2.24) is 4.90 Å². The summed E-state index contributed by atoms with van der Waals surface area (Å²) in [5, 5.41) is 9.77. The Labute approximate surface area is 135 Å². The first-order valence-electron chi connectivity index (χ1n) is 7.42. The smallest absolute Gasteiger partial charge is 0.335 e. The van der Waals surface area contributed by atoms with E-state index >= 15 is 0 Å². The molecule has 114 valence electrons. The van der Waals surface area contributed by atoms with Crippen LogP contribution in [0.3, 0.4) is 0 Å². The summed E-state index contributed by atoms with van der Waals surface area (Å²) in [5.41, 5.74) is 2.72. The molecule has 0 aromatic heterocycles. The van der Waals surface area contributed by atoms with Crippen LogP contribution in [0, 0.1) is 0 Å². The highest BCUT2D eigenvalue weighted by atomic mass is 35.5. The average molecular weight is 316 g/mol. The van der Waals surface area contributed by atoms with Crippen LogP contribution in [0.4, 0.5) is 0 Å². The Morgan fingerprint density at radius 2 is 1.91 bits per heavy atom. The van der Waals surface area contributed by atoms with E-state index in [2.05, 4.69) is 11.0 Å². The molecular weight excluding hydrogens is 298 g/mol. The Hall–Kier alpha value is -1.84. The van der Waals surface area contributed by atoms with Crippen molar-refractivity contribution >= 4 is 17.6 Å². The highest BCUT2D eigenvalue weighted by molar-refractivity contribution is 6.31. The summed E-state index contributed by atoms with van der Waals surface area (Å²) in [4.78, 5) is 13.3. The Kier molecular flexibility index (Phi) is 4.46. The zero-order valence-corrected chi connectivity index (χ0v) is 13.0. The van der Waals surface area contributed by atoms with Crippen molar-refractivity contribution in [1.29, 1.82) is 0 Å². The molecule has 1 atom stereocenters. The van der Waals surface area contributed by atoms with Crippen LogP contribution in [0.5, 0.6) is 0 Å². The van der Waals surface area contributed by atoms with E-state index in [1.807, 2.05) is 30.3 Å². The SMILES string of the molecule is O=C(O)c1ccc([C@H]2CCN(Cc3ccccc3Cl)C2)cc1. The molecule has 1 heterocycles. The zero-order valence-electron chi connectivity index (χ0n) is 12.2. The number of rotatable bonds is 4. The summed E-state index contributed by atoms with van der Waals surface area (Å²) >= 11 is 6.22. The molecule has 0 saturated carbocycles. The van der Waals surface area contributed by atoms with E-state index in [-0.39, 0.29) is 0 Å². The maximum absolute atomic E-state index is 10.9. The summed E-state index contributed by atoms with van der Waals surface area (Å²) in [5.74, 6) is -0.413. The standard InChI is InChI=1S/C18H18ClNO2/c19-17-4-2-1-3-16(17)12-20-10-9-15(11-20)13-5-7-14(8-6-13)18(21)22/h1-8,15H,9-12H2,(H,21,22)/t15-/m0/s1. The van der Waals surface area contributed by atoms with Gasteiger partial charge < -0.3 is 5.11 Å². The molecule has 1 saturated heterocycles. The van der Waals surface area contributed by atoms with Crippen LogP contribution >= 0.6 is 11.6 Å². The highest BCUT2D eigenvalue weighted by Crippen LogP contribution is 2.29. The van der Waals surface area contributed by atoms with Gasteiger partial charge in [-0.1, -0.05) is 41.9 Å². The molecule has 1 fully saturated rings. The van der Waals surface area contributed by atoms with Crippen LogP contribution in [-0.4, -0.2) is 29.1 Å². The summed E-state index contributed by atoms with van der Waals surface area (Å²) in [6.07, 6.45) is 1.09. The lowest BCUT2D eigenvalue weighted by Gasteiger charge is -2.17. The van der Waals surface area contributed by atoms with Gasteiger partial charge in [0.1, 0.15) is 0 Å². The van der Waals surface area contributed by atoms with Crippen molar-refractivity contribution < 1.29 is 9.90 Å². The number of aromatic carboxylic acids is 1. The first kappa shape index (κ1) is 15.1. The Morgan fingerprint density at radius 3 is 2.59 bits per heavy atom. The average Bonchev–Trinajstić information content (AvgIpc) is 2.98. The molecule has 0 unspecified atom stereocenters. The van der Waals surface area contributed by atoms with Crippen LogP contribution in [-0.2, 0) is 6.54 Å². The van der Waals surface area contributed by atoms with Gasteiger partial charge in [-0.2, -0.15) is 0 Å². The molecule has 4 heteroatoms. The van der Waals surface area contributed by atoms with Crippen molar-refractivity contribution in [3.8, 4) is 0 Å². The lowest BCUT2D eigenvalue weighted by Crippen LogP contribution is -2.19. The summed E-state index contributed by atoms with van der Waals surface area (Å²) in [6, 6.07) is 15.2. The van der Waals surface area contributed by atoms with Gasteiger partial charge in [0.15, 0.2) is 0 Å². The minimum absolute atomic E-state index is 0.342. The van der Waals surface area contributed by atoms with Crippen molar-refractivity contribution in [3.63, 3.8) is 0 Å². The van der Waals surface area contributed by atoms with E-state index in [4.69, 9.17) is 16.7 Å². The molecule has 22 heavy (non-hydrogen) atoms. The molecule has 0 bridgehead atoms. The predicted octanol–water partition coefficient (Wildman–Crippen LogP) is 4.03. The molecule has 2 aromatic carbocycles. The maximum atomic E-state index is 10.9. The summed E-state index contributed by atoms with van der Waals surface area (Å²) < 4.78 is 0. The Morgan fingerprint density at radius 1 is 1.18 bits per heavy atom. The van der Waals surface area contributed by atoms with Crippen LogP contribution in [0.15, 0.2) is 48.5 Å². The lowest BCUT2D eigenvalue weighted by atomic mass is 9.97. The van der Waals surface area contributed by atoms with Crippen molar-refractivity contribution in [2.75, 3.05) is 13.1 Å². The summed E-state index contributed by atoms with van der Waals surface area (Å²) in [7, 11) is 0. The van der Waals surface area contributed by atoms with Crippen LogP contribution < -0.4 is 0 Å². The van der Waals surface area contributed by atoms with Gasteiger partial charge >= 0.3 is 5.97 Å². The number of carboxylic acids is 1. The molecule has 1 aliphatic rings. The topological polar surface area (TPSA) is 40.5 Å². The Bertz CT molecular complexity index is 669. The molecule has 2 aromatic rings. The molecule has 3 rings (SSSR count). The van der Waals surface area contributed by atoms with E-state index in [0.29, 0.717) is 11.5 Å². The fourth-order valence-corrected chi connectivity index (χ4v) is 3.21. The number of nitrogens with zero attached hydrogens (tertiary/aromatic N) is 1. The monoisotopic (exact) mass is 315 g/mol. The van der Waals surface area contributed by atoms with Crippen molar-refractivity contribution in [2.45, 2.75) is 18.9 Å². The molecular formula is C18H18ClNO2. The fourth-order valence-electron chi connectivity index (χ4n) is 3.01. The third-order valence-electron chi connectivity index (χ3n) is 4.25. The van der Waals surface area contributed by atoms with Crippen LogP contribution in [0.1, 0.15) is 33.8 Å².